The Morgan fingerprint density at radius 2 is 1.80 bits per heavy atom. The SMILES string of the molecule is O=C1c2ccccc2C(=O)N1CCc1nc(CCl)cs1. The van der Waals surface area contributed by atoms with E-state index in [2.05, 4.69) is 4.98 Å². The van der Waals surface area contributed by atoms with Crippen LogP contribution >= 0.6 is 22.9 Å². The van der Waals surface area contributed by atoms with Crippen LogP contribution in [0.4, 0.5) is 0 Å². The molecule has 4 nitrogen and oxygen atoms in total. The van der Waals surface area contributed by atoms with Gasteiger partial charge in [0.15, 0.2) is 0 Å². The zero-order valence-electron chi connectivity index (χ0n) is 10.5. The number of carbonyl (C=O) groups is 2. The molecule has 0 bridgehead atoms. The first-order chi connectivity index (χ1) is 9.70. The van der Waals surface area contributed by atoms with Gasteiger partial charge in [0.2, 0.25) is 0 Å². The quantitative estimate of drug-likeness (QED) is 0.644. The van der Waals surface area contributed by atoms with Gasteiger partial charge in [-0.25, -0.2) is 4.98 Å². The first-order valence-corrected chi connectivity index (χ1v) is 7.56. The van der Waals surface area contributed by atoms with Gasteiger partial charge in [-0.3, -0.25) is 14.5 Å². The fourth-order valence-corrected chi connectivity index (χ4v) is 3.19. The summed E-state index contributed by atoms with van der Waals surface area (Å²) >= 11 is 7.20. The average molecular weight is 307 g/mol. The van der Waals surface area contributed by atoms with Crippen LogP contribution in [0.25, 0.3) is 0 Å². The molecule has 102 valence electrons. The number of alkyl halides is 1. The summed E-state index contributed by atoms with van der Waals surface area (Å²) in [6.45, 7) is 0.349. The molecule has 6 heteroatoms. The highest BCUT2D eigenvalue weighted by molar-refractivity contribution is 7.09. The number of rotatable bonds is 4. The average Bonchev–Trinajstić information content (AvgIpc) is 3.03. The number of amides is 2. The molecule has 1 aliphatic heterocycles. The minimum absolute atomic E-state index is 0.222. The standard InChI is InChI=1S/C14H11ClN2O2S/c15-7-9-8-20-12(16-9)5-6-17-13(18)10-3-1-2-4-11(10)14(17)19/h1-4,8H,5-7H2. The van der Waals surface area contributed by atoms with Gasteiger partial charge in [-0.15, -0.1) is 22.9 Å². The van der Waals surface area contributed by atoms with E-state index in [1.165, 1.54) is 16.2 Å². The molecule has 2 amide bonds. The van der Waals surface area contributed by atoms with E-state index in [9.17, 15) is 9.59 Å². The van der Waals surface area contributed by atoms with E-state index in [-0.39, 0.29) is 11.8 Å². The van der Waals surface area contributed by atoms with Crippen LogP contribution in [0.2, 0.25) is 0 Å². The second-order valence-corrected chi connectivity index (χ2v) is 5.63. The molecular weight excluding hydrogens is 296 g/mol. The smallest absolute Gasteiger partial charge is 0.261 e. The Labute approximate surface area is 125 Å². The summed E-state index contributed by atoms with van der Waals surface area (Å²) in [6.07, 6.45) is 0.563. The van der Waals surface area contributed by atoms with Crippen LogP contribution in [0.5, 0.6) is 0 Å². The number of halogens is 1. The van der Waals surface area contributed by atoms with Crippen LogP contribution in [0.15, 0.2) is 29.6 Å². The number of benzene rings is 1. The van der Waals surface area contributed by atoms with Crippen LogP contribution < -0.4 is 0 Å². The first kappa shape index (κ1) is 13.3. The highest BCUT2D eigenvalue weighted by Crippen LogP contribution is 2.23. The van der Waals surface area contributed by atoms with E-state index >= 15 is 0 Å². The van der Waals surface area contributed by atoms with Crippen LogP contribution in [0.3, 0.4) is 0 Å². The summed E-state index contributed by atoms with van der Waals surface area (Å²) in [5, 5.41) is 2.78. The van der Waals surface area contributed by atoms with E-state index in [1.54, 1.807) is 24.3 Å². The number of hydrogen-bond acceptors (Lipinski definition) is 4. The Kier molecular flexibility index (Phi) is 3.54. The third-order valence-corrected chi connectivity index (χ3v) is 4.39. The Morgan fingerprint density at radius 3 is 2.35 bits per heavy atom. The summed E-state index contributed by atoms with van der Waals surface area (Å²) in [5.41, 5.74) is 1.80. The van der Waals surface area contributed by atoms with Crippen LogP contribution in [0.1, 0.15) is 31.4 Å². The van der Waals surface area contributed by atoms with Gasteiger partial charge in [0.05, 0.1) is 27.7 Å². The number of nitrogens with zero attached hydrogens (tertiary/aromatic N) is 2. The number of aromatic nitrogens is 1. The number of fused-ring (bicyclic) bond motifs is 1. The molecule has 0 unspecified atom stereocenters. The second-order valence-electron chi connectivity index (χ2n) is 4.42. The summed E-state index contributed by atoms with van der Waals surface area (Å²) in [7, 11) is 0. The molecule has 2 heterocycles. The molecule has 1 aliphatic rings. The van der Waals surface area contributed by atoms with Crippen molar-refractivity contribution in [2.45, 2.75) is 12.3 Å². The molecule has 0 spiro atoms. The Balaban J connectivity index is 1.73. The van der Waals surface area contributed by atoms with Crippen molar-refractivity contribution in [1.82, 2.24) is 9.88 Å². The minimum Gasteiger partial charge on any atom is -0.274 e. The first-order valence-electron chi connectivity index (χ1n) is 6.15. The lowest BCUT2D eigenvalue weighted by molar-refractivity contribution is 0.0656. The molecule has 0 atom stereocenters. The number of hydrogen-bond donors (Lipinski definition) is 0. The van der Waals surface area contributed by atoms with Gasteiger partial charge in [-0.2, -0.15) is 0 Å². The van der Waals surface area contributed by atoms with Crippen molar-refractivity contribution in [2.24, 2.45) is 0 Å². The summed E-state index contributed by atoms with van der Waals surface area (Å²) in [6, 6.07) is 6.90. The molecule has 0 aliphatic carbocycles. The van der Waals surface area contributed by atoms with Gasteiger partial charge < -0.3 is 0 Å². The fourth-order valence-electron chi connectivity index (χ4n) is 2.17. The van der Waals surface area contributed by atoms with Crippen LogP contribution in [0, 0.1) is 0 Å². The summed E-state index contributed by atoms with van der Waals surface area (Å²) in [4.78, 5) is 29.9. The van der Waals surface area contributed by atoms with Crippen LogP contribution in [-0.2, 0) is 12.3 Å². The van der Waals surface area contributed by atoms with Crippen molar-refractivity contribution >= 4 is 34.8 Å². The van der Waals surface area contributed by atoms with Gasteiger partial charge in [0, 0.05) is 18.3 Å². The second kappa shape index (κ2) is 5.34. The highest BCUT2D eigenvalue weighted by Gasteiger charge is 2.34. The number of thiazole rings is 1. The zero-order valence-corrected chi connectivity index (χ0v) is 12.1. The summed E-state index contributed by atoms with van der Waals surface area (Å²) in [5.74, 6) is -0.0665. The van der Waals surface area contributed by atoms with Crippen molar-refractivity contribution in [3.05, 3.63) is 51.5 Å². The maximum Gasteiger partial charge on any atom is 0.261 e. The molecule has 2 aromatic rings. The van der Waals surface area contributed by atoms with Crippen molar-refractivity contribution in [3.8, 4) is 0 Å². The van der Waals surface area contributed by atoms with Crippen molar-refractivity contribution in [3.63, 3.8) is 0 Å². The molecule has 3 rings (SSSR count). The van der Waals surface area contributed by atoms with Gasteiger partial charge in [-0.05, 0) is 12.1 Å². The molecule has 0 saturated heterocycles. The number of imide groups is 1. The van der Waals surface area contributed by atoms with Gasteiger partial charge in [0.1, 0.15) is 0 Å². The zero-order chi connectivity index (χ0) is 14.1. The minimum atomic E-state index is -0.222. The predicted octanol–water partition coefficient (Wildman–Crippen LogP) is 2.72. The molecular formula is C14H11ClN2O2S. The third kappa shape index (κ3) is 2.23. The van der Waals surface area contributed by atoms with Gasteiger partial charge >= 0.3 is 0 Å². The van der Waals surface area contributed by atoms with Crippen molar-refractivity contribution in [1.29, 1.82) is 0 Å². The van der Waals surface area contributed by atoms with E-state index in [0.717, 1.165) is 10.7 Å². The lowest BCUT2D eigenvalue weighted by Crippen LogP contribution is -2.31. The maximum atomic E-state index is 12.2. The van der Waals surface area contributed by atoms with E-state index in [4.69, 9.17) is 11.6 Å². The molecule has 1 aromatic heterocycles. The number of carbonyl (C=O) groups excluding carboxylic acids is 2. The molecule has 0 fully saturated rings. The van der Waals surface area contributed by atoms with Gasteiger partial charge in [-0.1, -0.05) is 12.1 Å². The molecule has 20 heavy (non-hydrogen) atoms. The normalized spacial score (nSPS) is 13.9. The monoisotopic (exact) mass is 306 g/mol. The molecule has 0 saturated carbocycles. The Bertz CT molecular complexity index is 648. The maximum absolute atomic E-state index is 12.2. The topological polar surface area (TPSA) is 50.3 Å². The van der Waals surface area contributed by atoms with E-state index in [0.29, 0.717) is 30.0 Å². The van der Waals surface area contributed by atoms with Crippen molar-refractivity contribution < 1.29 is 9.59 Å². The fraction of sp³-hybridized carbons (Fsp3) is 0.214. The molecule has 1 aromatic carbocycles. The Hall–Kier alpha value is -1.72. The lowest BCUT2D eigenvalue weighted by atomic mass is 10.1. The highest BCUT2D eigenvalue weighted by atomic mass is 35.5. The van der Waals surface area contributed by atoms with E-state index in [1.807, 2.05) is 5.38 Å². The predicted molar refractivity (Wildman–Crippen MR) is 77.2 cm³/mol. The Morgan fingerprint density at radius 1 is 1.15 bits per heavy atom. The molecule has 0 radical (unpaired) electrons. The van der Waals surface area contributed by atoms with Gasteiger partial charge in [0.25, 0.3) is 11.8 Å². The van der Waals surface area contributed by atoms with Crippen molar-refractivity contribution in [2.75, 3.05) is 6.54 Å². The molecule has 0 N–H and O–H groups in total. The third-order valence-electron chi connectivity index (χ3n) is 3.16. The lowest BCUT2D eigenvalue weighted by Gasteiger charge is -2.12. The largest absolute Gasteiger partial charge is 0.274 e. The van der Waals surface area contributed by atoms with Crippen LogP contribution in [-0.4, -0.2) is 28.2 Å². The van der Waals surface area contributed by atoms with E-state index < -0.39 is 0 Å². The summed E-state index contributed by atoms with van der Waals surface area (Å²) < 4.78 is 0.